The van der Waals surface area contributed by atoms with Crippen molar-refractivity contribution < 1.29 is 9.18 Å². The van der Waals surface area contributed by atoms with E-state index in [1.807, 2.05) is 0 Å². The monoisotopic (exact) mass is 318 g/mol. The fourth-order valence-electron chi connectivity index (χ4n) is 2.39. The van der Waals surface area contributed by atoms with E-state index in [-0.39, 0.29) is 23.2 Å². The molecule has 1 heterocycles. The van der Waals surface area contributed by atoms with Gasteiger partial charge in [-0.3, -0.25) is 9.48 Å². The lowest BCUT2D eigenvalue weighted by Gasteiger charge is -2.27. The number of amides is 1. The molecule has 0 aliphatic heterocycles. The standard InChI is InChI=1S/C17H23FN4O/c1-17(2,3)10-15(13-4-6-14(18)7-5-13)21-16(23)8-9-22-12-19-11-20-22/h4-7,11-12,15H,8-10H2,1-3H3,(H,21,23). The summed E-state index contributed by atoms with van der Waals surface area (Å²) in [6, 6.07) is 6.16. The first-order valence-corrected chi connectivity index (χ1v) is 7.71. The predicted octanol–water partition coefficient (Wildman–Crippen LogP) is 3.10. The molecular formula is C17H23FN4O. The number of nitrogens with zero attached hydrogens (tertiary/aromatic N) is 3. The molecule has 0 bridgehead atoms. The first-order valence-electron chi connectivity index (χ1n) is 7.71. The van der Waals surface area contributed by atoms with Crippen molar-refractivity contribution in [2.24, 2.45) is 5.41 Å². The number of nitrogens with one attached hydrogen (secondary N) is 1. The number of rotatable bonds is 6. The second kappa shape index (κ2) is 7.35. The second-order valence-electron chi connectivity index (χ2n) is 6.84. The third kappa shape index (κ3) is 5.81. The molecule has 0 spiro atoms. The van der Waals surface area contributed by atoms with Crippen molar-refractivity contribution in [1.82, 2.24) is 20.1 Å². The molecule has 0 saturated heterocycles. The summed E-state index contributed by atoms with van der Waals surface area (Å²) in [5.74, 6) is -0.333. The van der Waals surface area contributed by atoms with Crippen LogP contribution in [0.1, 0.15) is 45.2 Å². The Kier molecular flexibility index (Phi) is 5.47. The Labute approximate surface area is 135 Å². The van der Waals surface area contributed by atoms with E-state index < -0.39 is 0 Å². The van der Waals surface area contributed by atoms with E-state index in [9.17, 15) is 9.18 Å². The predicted molar refractivity (Wildman–Crippen MR) is 86.0 cm³/mol. The van der Waals surface area contributed by atoms with Crippen molar-refractivity contribution in [2.75, 3.05) is 0 Å². The topological polar surface area (TPSA) is 59.8 Å². The van der Waals surface area contributed by atoms with Crippen LogP contribution in [0, 0.1) is 11.2 Å². The van der Waals surface area contributed by atoms with Gasteiger partial charge in [0.15, 0.2) is 0 Å². The Morgan fingerprint density at radius 3 is 2.57 bits per heavy atom. The van der Waals surface area contributed by atoms with E-state index in [1.54, 1.807) is 23.1 Å². The molecule has 0 saturated carbocycles. The summed E-state index contributed by atoms with van der Waals surface area (Å²) in [5.41, 5.74) is 0.952. The van der Waals surface area contributed by atoms with Gasteiger partial charge in [-0.05, 0) is 29.5 Å². The van der Waals surface area contributed by atoms with Gasteiger partial charge in [0.05, 0.1) is 12.6 Å². The van der Waals surface area contributed by atoms with Crippen LogP contribution in [0.3, 0.4) is 0 Å². The fourth-order valence-corrected chi connectivity index (χ4v) is 2.39. The summed E-state index contributed by atoms with van der Waals surface area (Å²) in [6.07, 6.45) is 4.12. The molecule has 2 rings (SSSR count). The molecule has 2 aromatic rings. The Morgan fingerprint density at radius 2 is 2.00 bits per heavy atom. The van der Waals surface area contributed by atoms with Gasteiger partial charge in [0.1, 0.15) is 18.5 Å². The van der Waals surface area contributed by atoms with Crippen LogP contribution in [0.15, 0.2) is 36.9 Å². The van der Waals surface area contributed by atoms with E-state index >= 15 is 0 Å². The molecule has 0 aliphatic carbocycles. The lowest BCUT2D eigenvalue weighted by molar-refractivity contribution is -0.122. The smallest absolute Gasteiger partial charge is 0.222 e. The molecule has 124 valence electrons. The molecule has 1 atom stereocenters. The second-order valence-corrected chi connectivity index (χ2v) is 6.84. The fraction of sp³-hybridized carbons (Fsp3) is 0.471. The number of halogens is 1. The Balaban J connectivity index is 2.01. The van der Waals surface area contributed by atoms with Gasteiger partial charge in [-0.2, -0.15) is 5.10 Å². The number of benzene rings is 1. The van der Waals surface area contributed by atoms with Gasteiger partial charge in [-0.1, -0.05) is 32.9 Å². The molecule has 5 nitrogen and oxygen atoms in total. The highest BCUT2D eigenvalue weighted by atomic mass is 19.1. The average molecular weight is 318 g/mol. The Morgan fingerprint density at radius 1 is 1.30 bits per heavy atom. The minimum absolute atomic E-state index is 0.0399. The zero-order chi connectivity index (χ0) is 16.9. The number of aromatic nitrogens is 3. The quantitative estimate of drug-likeness (QED) is 0.890. The van der Waals surface area contributed by atoms with Crippen molar-refractivity contribution in [2.45, 2.75) is 46.2 Å². The highest BCUT2D eigenvalue weighted by molar-refractivity contribution is 5.76. The summed E-state index contributed by atoms with van der Waals surface area (Å²) < 4.78 is 14.7. The highest BCUT2D eigenvalue weighted by Gasteiger charge is 2.22. The summed E-state index contributed by atoms with van der Waals surface area (Å²) in [4.78, 5) is 16.1. The lowest BCUT2D eigenvalue weighted by atomic mass is 9.85. The minimum atomic E-state index is -0.277. The third-order valence-electron chi connectivity index (χ3n) is 3.46. The van der Waals surface area contributed by atoms with Crippen LogP contribution in [-0.2, 0) is 11.3 Å². The molecule has 1 amide bonds. The van der Waals surface area contributed by atoms with Crippen LogP contribution >= 0.6 is 0 Å². The largest absolute Gasteiger partial charge is 0.349 e. The van der Waals surface area contributed by atoms with Crippen LogP contribution in [0.2, 0.25) is 0 Å². The molecule has 1 aromatic carbocycles. The maximum absolute atomic E-state index is 13.1. The molecular weight excluding hydrogens is 295 g/mol. The van der Waals surface area contributed by atoms with Crippen molar-refractivity contribution >= 4 is 5.91 Å². The third-order valence-corrected chi connectivity index (χ3v) is 3.46. The first-order chi connectivity index (χ1) is 10.8. The van der Waals surface area contributed by atoms with Crippen molar-refractivity contribution in [3.8, 4) is 0 Å². The van der Waals surface area contributed by atoms with Gasteiger partial charge in [0, 0.05) is 6.42 Å². The summed E-state index contributed by atoms with van der Waals surface area (Å²) >= 11 is 0. The zero-order valence-electron chi connectivity index (χ0n) is 13.8. The van der Waals surface area contributed by atoms with Crippen molar-refractivity contribution in [3.05, 3.63) is 48.3 Å². The van der Waals surface area contributed by atoms with Crippen LogP contribution < -0.4 is 5.32 Å². The molecule has 1 aromatic heterocycles. The highest BCUT2D eigenvalue weighted by Crippen LogP contribution is 2.29. The molecule has 1 unspecified atom stereocenters. The molecule has 0 radical (unpaired) electrons. The van der Waals surface area contributed by atoms with Gasteiger partial charge < -0.3 is 5.32 Å². The van der Waals surface area contributed by atoms with Gasteiger partial charge in [0.2, 0.25) is 5.91 Å². The lowest BCUT2D eigenvalue weighted by Crippen LogP contribution is -2.31. The van der Waals surface area contributed by atoms with E-state index in [2.05, 4.69) is 36.2 Å². The summed E-state index contributed by atoms with van der Waals surface area (Å²) in [7, 11) is 0. The number of hydrogen-bond acceptors (Lipinski definition) is 3. The number of carbonyl (C=O) groups is 1. The molecule has 0 fully saturated rings. The van der Waals surface area contributed by atoms with E-state index in [0.29, 0.717) is 13.0 Å². The first kappa shape index (κ1) is 17.1. The normalized spacial score (nSPS) is 12.9. The van der Waals surface area contributed by atoms with Crippen molar-refractivity contribution in [1.29, 1.82) is 0 Å². The van der Waals surface area contributed by atoms with Gasteiger partial charge in [0.25, 0.3) is 0 Å². The van der Waals surface area contributed by atoms with Crippen LogP contribution in [0.25, 0.3) is 0 Å². The van der Waals surface area contributed by atoms with Crippen LogP contribution in [0.5, 0.6) is 0 Å². The maximum atomic E-state index is 13.1. The van der Waals surface area contributed by atoms with Crippen LogP contribution in [-0.4, -0.2) is 20.7 Å². The minimum Gasteiger partial charge on any atom is -0.349 e. The molecule has 0 aliphatic rings. The number of aryl methyl sites for hydroxylation is 1. The van der Waals surface area contributed by atoms with Gasteiger partial charge >= 0.3 is 0 Å². The summed E-state index contributed by atoms with van der Waals surface area (Å²) in [6.45, 7) is 6.83. The molecule has 1 N–H and O–H groups in total. The van der Waals surface area contributed by atoms with E-state index in [4.69, 9.17) is 0 Å². The Bertz CT molecular complexity index is 617. The number of hydrogen-bond donors (Lipinski definition) is 1. The zero-order valence-corrected chi connectivity index (χ0v) is 13.8. The van der Waals surface area contributed by atoms with E-state index in [1.165, 1.54) is 18.5 Å². The van der Waals surface area contributed by atoms with Gasteiger partial charge in [-0.25, -0.2) is 9.37 Å². The summed E-state index contributed by atoms with van der Waals surface area (Å²) in [5, 5.41) is 7.03. The molecule has 6 heteroatoms. The maximum Gasteiger partial charge on any atom is 0.222 e. The van der Waals surface area contributed by atoms with Crippen LogP contribution in [0.4, 0.5) is 4.39 Å². The Hall–Kier alpha value is -2.24. The van der Waals surface area contributed by atoms with Gasteiger partial charge in [-0.15, -0.1) is 0 Å². The molecule has 23 heavy (non-hydrogen) atoms. The SMILES string of the molecule is CC(C)(C)CC(NC(=O)CCn1cncn1)c1ccc(F)cc1. The average Bonchev–Trinajstić information content (AvgIpc) is 2.97. The van der Waals surface area contributed by atoms with E-state index in [0.717, 1.165) is 12.0 Å². The van der Waals surface area contributed by atoms with Crippen molar-refractivity contribution in [3.63, 3.8) is 0 Å². The number of carbonyl (C=O) groups excluding carboxylic acids is 1.